The van der Waals surface area contributed by atoms with Crippen molar-refractivity contribution >= 4 is 39.9 Å². The number of aromatic hydroxyl groups is 1. The molecule has 2 N–H and O–H groups in total. The van der Waals surface area contributed by atoms with Gasteiger partial charge in [0.05, 0.1) is 25.3 Å². The Balaban J connectivity index is 1.69. The molecule has 194 valence electrons. The fourth-order valence-electron chi connectivity index (χ4n) is 4.56. The van der Waals surface area contributed by atoms with Crippen LogP contribution < -0.4 is 14.4 Å². The minimum atomic E-state index is -1.07. The maximum Gasteiger partial charge on any atom is 0.294 e. The van der Waals surface area contributed by atoms with Gasteiger partial charge in [0.15, 0.2) is 34.4 Å². The van der Waals surface area contributed by atoms with E-state index in [1.165, 1.54) is 30.2 Å². The van der Waals surface area contributed by atoms with E-state index in [0.717, 1.165) is 5.56 Å². The van der Waals surface area contributed by atoms with Gasteiger partial charge >= 0.3 is 0 Å². The number of ether oxygens (including phenoxy) is 2. The summed E-state index contributed by atoms with van der Waals surface area (Å²) < 4.78 is 16.7. The number of halogens is 1. The summed E-state index contributed by atoms with van der Waals surface area (Å²) in [7, 11) is 1.49. The van der Waals surface area contributed by atoms with Crippen molar-refractivity contribution in [1.82, 2.24) is 0 Å². The largest absolute Gasteiger partial charge is 0.504 e. The van der Waals surface area contributed by atoms with Gasteiger partial charge in [0.2, 0.25) is 5.78 Å². The normalized spacial score (nSPS) is 15.4. The fraction of sp³-hybridized carbons (Fsp3) is 0.172. The highest BCUT2D eigenvalue weighted by molar-refractivity contribution is 6.31. The van der Waals surface area contributed by atoms with E-state index in [1.54, 1.807) is 49.4 Å². The number of furan rings is 1. The van der Waals surface area contributed by atoms with E-state index >= 15 is 0 Å². The lowest BCUT2D eigenvalue weighted by Crippen LogP contribution is -2.31. The molecule has 3 aromatic carbocycles. The first kappa shape index (κ1) is 25.2. The number of rotatable bonds is 7. The van der Waals surface area contributed by atoms with Crippen LogP contribution >= 0.6 is 11.6 Å². The van der Waals surface area contributed by atoms with Crippen LogP contribution in [0.1, 0.15) is 34.6 Å². The van der Waals surface area contributed by atoms with Gasteiger partial charge in [0.1, 0.15) is 0 Å². The van der Waals surface area contributed by atoms with Crippen LogP contribution in [0.25, 0.3) is 11.0 Å². The third-order valence-corrected chi connectivity index (χ3v) is 6.84. The molecule has 1 unspecified atom stereocenters. The van der Waals surface area contributed by atoms with E-state index in [1.807, 2.05) is 6.92 Å². The highest BCUT2D eigenvalue weighted by Crippen LogP contribution is 2.45. The Bertz CT molecular complexity index is 1620. The average molecular weight is 534 g/mol. The van der Waals surface area contributed by atoms with E-state index in [0.29, 0.717) is 33.0 Å². The number of phenols is 1. The molecule has 38 heavy (non-hydrogen) atoms. The highest BCUT2D eigenvalue weighted by Gasteiger charge is 2.45. The average Bonchev–Trinajstić information content (AvgIpc) is 3.46. The molecular formula is C29H24ClNO7. The number of fused-ring (bicyclic) bond motifs is 1. The summed E-state index contributed by atoms with van der Waals surface area (Å²) in [6.07, 6.45) is 0. The van der Waals surface area contributed by atoms with Gasteiger partial charge in [0, 0.05) is 16.1 Å². The second kappa shape index (κ2) is 9.79. The van der Waals surface area contributed by atoms with Crippen molar-refractivity contribution in [2.24, 2.45) is 0 Å². The molecule has 0 fully saturated rings. The molecule has 1 aliphatic rings. The lowest BCUT2D eigenvalue weighted by atomic mass is 9.94. The minimum absolute atomic E-state index is 0.0727. The summed E-state index contributed by atoms with van der Waals surface area (Å²) >= 11 is 6.36. The summed E-state index contributed by atoms with van der Waals surface area (Å²) in [6, 6.07) is 15.2. The summed E-state index contributed by atoms with van der Waals surface area (Å²) in [5.74, 6) is -1.73. The number of hydrogen-bond acceptors (Lipinski definition) is 7. The summed E-state index contributed by atoms with van der Waals surface area (Å²) in [5, 5.41) is 22.4. The first-order valence-corrected chi connectivity index (χ1v) is 12.2. The van der Waals surface area contributed by atoms with Crippen LogP contribution in [0.15, 0.2) is 76.4 Å². The number of Topliss-reactive ketones (excluding diaryl/α,β-unsaturated/α-hetero) is 1. The fourth-order valence-corrected chi connectivity index (χ4v) is 4.74. The molecule has 1 amide bonds. The summed E-state index contributed by atoms with van der Waals surface area (Å²) in [5.41, 5.74) is 1.79. The number of carbonyl (C=O) groups is 2. The van der Waals surface area contributed by atoms with Gasteiger partial charge in [-0.3, -0.25) is 14.5 Å². The molecule has 5 rings (SSSR count). The molecule has 0 saturated heterocycles. The lowest BCUT2D eigenvalue weighted by molar-refractivity contribution is -0.117. The molecule has 0 bridgehead atoms. The molecule has 4 aromatic rings. The molecule has 0 spiro atoms. The van der Waals surface area contributed by atoms with Gasteiger partial charge in [-0.15, -0.1) is 0 Å². The van der Waals surface area contributed by atoms with Crippen molar-refractivity contribution in [2.75, 3.05) is 18.6 Å². The van der Waals surface area contributed by atoms with Crippen molar-refractivity contribution in [3.63, 3.8) is 0 Å². The Morgan fingerprint density at radius 3 is 2.58 bits per heavy atom. The van der Waals surface area contributed by atoms with Crippen molar-refractivity contribution in [1.29, 1.82) is 0 Å². The molecule has 1 aromatic heterocycles. The van der Waals surface area contributed by atoms with Gasteiger partial charge in [-0.05, 0) is 61.4 Å². The van der Waals surface area contributed by atoms with Crippen molar-refractivity contribution in [3.8, 4) is 17.2 Å². The number of ketones is 1. The number of aryl methyl sites for hydroxylation is 1. The number of aliphatic hydroxyl groups excluding tert-OH is 1. The Kier molecular flexibility index (Phi) is 6.50. The van der Waals surface area contributed by atoms with Gasteiger partial charge in [-0.2, -0.15) is 0 Å². The van der Waals surface area contributed by atoms with Gasteiger partial charge in [-0.25, -0.2) is 0 Å². The van der Waals surface area contributed by atoms with Gasteiger partial charge in [-0.1, -0.05) is 35.9 Å². The van der Waals surface area contributed by atoms with Gasteiger partial charge in [0.25, 0.3) is 5.91 Å². The number of amides is 1. The van der Waals surface area contributed by atoms with Crippen molar-refractivity contribution in [2.45, 2.75) is 19.9 Å². The summed E-state index contributed by atoms with van der Waals surface area (Å²) in [6.45, 7) is 3.87. The number of aliphatic hydroxyl groups is 1. The zero-order valence-electron chi connectivity index (χ0n) is 20.8. The predicted octanol–water partition coefficient (Wildman–Crippen LogP) is 6.29. The molecule has 8 nitrogen and oxygen atoms in total. The molecule has 0 saturated carbocycles. The Labute approximate surface area is 223 Å². The monoisotopic (exact) mass is 533 g/mol. The molecule has 1 atom stereocenters. The first-order valence-electron chi connectivity index (χ1n) is 11.8. The number of nitrogens with zero attached hydrogens (tertiary/aromatic N) is 1. The second-order valence-corrected chi connectivity index (χ2v) is 9.16. The summed E-state index contributed by atoms with van der Waals surface area (Å²) in [4.78, 5) is 28.7. The Morgan fingerprint density at radius 2 is 1.87 bits per heavy atom. The zero-order chi connectivity index (χ0) is 27.1. The molecule has 1 aliphatic heterocycles. The third-order valence-electron chi connectivity index (χ3n) is 6.44. The number of para-hydroxylation sites is 1. The maximum atomic E-state index is 13.9. The molecule has 0 radical (unpaired) electrons. The van der Waals surface area contributed by atoms with E-state index in [4.69, 9.17) is 25.5 Å². The first-order chi connectivity index (χ1) is 18.2. The van der Waals surface area contributed by atoms with E-state index in [-0.39, 0.29) is 29.4 Å². The quantitative estimate of drug-likeness (QED) is 0.269. The van der Waals surface area contributed by atoms with Gasteiger partial charge < -0.3 is 24.1 Å². The van der Waals surface area contributed by atoms with E-state index in [9.17, 15) is 19.8 Å². The standard InChI is InChI=1S/C29H24ClNO7/c1-4-37-22-12-16(9-11-20(22)32)25-24(26(33)23-13-17-6-5-7-21(36-3)28(17)38-23)27(34)29(35)31(25)18-10-8-15(2)19(30)14-18/h5-14,25,32,34H,4H2,1-3H3. The van der Waals surface area contributed by atoms with Crippen LogP contribution in [0.3, 0.4) is 0 Å². The van der Waals surface area contributed by atoms with E-state index in [2.05, 4.69) is 0 Å². The Morgan fingerprint density at radius 1 is 1.08 bits per heavy atom. The minimum Gasteiger partial charge on any atom is -0.504 e. The third kappa shape index (κ3) is 4.13. The molecule has 0 aliphatic carbocycles. The van der Waals surface area contributed by atoms with Crippen LogP contribution in [0.4, 0.5) is 5.69 Å². The zero-order valence-corrected chi connectivity index (χ0v) is 21.6. The second-order valence-electron chi connectivity index (χ2n) is 8.75. The molecular weight excluding hydrogens is 510 g/mol. The van der Waals surface area contributed by atoms with Crippen molar-refractivity contribution in [3.05, 3.63) is 93.9 Å². The maximum absolute atomic E-state index is 13.9. The number of hydrogen-bond donors (Lipinski definition) is 2. The number of methoxy groups -OCH3 is 1. The molecule has 2 heterocycles. The number of carbonyl (C=O) groups excluding carboxylic acids is 2. The van der Waals surface area contributed by atoms with Crippen LogP contribution in [0.2, 0.25) is 5.02 Å². The van der Waals surface area contributed by atoms with Crippen LogP contribution in [-0.4, -0.2) is 35.6 Å². The van der Waals surface area contributed by atoms with Crippen molar-refractivity contribution < 1.29 is 33.7 Å². The number of phenolic OH excluding ortho intramolecular Hbond substituents is 1. The predicted molar refractivity (Wildman–Crippen MR) is 142 cm³/mol. The molecule has 9 heteroatoms. The van der Waals surface area contributed by atoms with Crippen LogP contribution in [0.5, 0.6) is 17.2 Å². The number of benzene rings is 3. The van der Waals surface area contributed by atoms with Crippen LogP contribution in [0, 0.1) is 6.92 Å². The smallest absolute Gasteiger partial charge is 0.294 e. The van der Waals surface area contributed by atoms with Crippen LogP contribution in [-0.2, 0) is 4.79 Å². The SMILES string of the molecule is CCOc1cc(C2C(C(=O)c3cc4cccc(OC)c4o3)=C(O)C(=O)N2c2ccc(C)c(Cl)c2)ccc1O. The topological polar surface area (TPSA) is 109 Å². The highest BCUT2D eigenvalue weighted by atomic mass is 35.5. The lowest BCUT2D eigenvalue weighted by Gasteiger charge is -2.27. The van der Waals surface area contributed by atoms with E-state index < -0.39 is 23.5 Å². The Hall–Kier alpha value is -4.43. The number of anilines is 1.